The van der Waals surface area contributed by atoms with Gasteiger partial charge in [0.15, 0.2) is 17.6 Å². The lowest BCUT2D eigenvalue weighted by Crippen LogP contribution is -2.09. The van der Waals surface area contributed by atoms with Crippen molar-refractivity contribution in [2.45, 2.75) is 57.2 Å². The van der Waals surface area contributed by atoms with Crippen LogP contribution in [0.2, 0.25) is 0 Å². The smallest absolute Gasteiger partial charge is 0.156 e. The highest BCUT2D eigenvalue weighted by Crippen LogP contribution is 2.33. The third-order valence-electron chi connectivity index (χ3n) is 5.17. The second kappa shape index (κ2) is 6.53. The lowest BCUT2D eigenvalue weighted by atomic mass is 9.87. The maximum atomic E-state index is 9.65. The van der Waals surface area contributed by atoms with Crippen LogP contribution in [-0.4, -0.2) is 37.9 Å². The van der Waals surface area contributed by atoms with Crippen LogP contribution < -0.4 is 0 Å². The summed E-state index contributed by atoms with van der Waals surface area (Å²) in [5.41, 5.74) is 5.14. The monoisotopic (exact) mass is 328 g/mol. The molecule has 3 aromatic heterocycles. The molecule has 1 aliphatic rings. The molecule has 3 aromatic rings. The van der Waals surface area contributed by atoms with Gasteiger partial charge in [0.2, 0.25) is 0 Å². The number of H-pyrrole nitrogens is 1. The molecule has 3 heterocycles. The number of aliphatic hydroxyl groups excluding tert-OH is 1. The van der Waals surface area contributed by atoms with Crippen LogP contribution in [0.25, 0.3) is 16.8 Å². The zero-order valence-corrected chi connectivity index (χ0v) is 14.0. The Labute approximate surface area is 140 Å². The van der Waals surface area contributed by atoms with Crippen molar-refractivity contribution in [2.75, 3.05) is 7.11 Å². The van der Waals surface area contributed by atoms with Gasteiger partial charge in [-0.05, 0) is 24.8 Å². The van der Waals surface area contributed by atoms with E-state index in [-0.39, 0.29) is 0 Å². The average molecular weight is 328 g/mol. The maximum Gasteiger partial charge on any atom is 0.156 e. The normalized spacial score (nSPS) is 17.8. The lowest BCUT2D eigenvalue weighted by molar-refractivity contribution is -0.0776. The van der Waals surface area contributed by atoms with Crippen LogP contribution in [0.4, 0.5) is 0 Å². The summed E-state index contributed by atoms with van der Waals surface area (Å²) >= 11 is 0. The number of hydrogen-bond donors (Lipinski definition) is 2. The second-order valence-electron chi connectivity index (χ2n) is 6.73. The third kappa shape index (κ3) is 2.80. The van der Waals surface area contributed by atoms with Gasteiger partial charge in [-0.25, -0.2) is 9.97 Å². The van der Waals surface area contributed by atoms with E-state index in [1.54, 1.807) is 0 Å². The summed E-state index contributed by atoms with van der Waals surface area (Å²) in [4.78, 5) is 12.6. The molecule has 0 aromatic carbocycles. The first-order valence-electron chi connectivity index (χ1n) is 8.81. The number of nitrogens with zero attached hydrogens (tertiary/aromatic N) is 3. The van der Waals surface area contributed by atoms with Crippen LogP contribution in [0, 0.1) is 0 Å². The summed E-state index contributed by atoms with van der Waals surface area (Å²) in [6, 6.07) is 0. The Morgan fingerprint density at radius 2 is 2.21 bits per heavy atom. The van der Waals surface area contributed by atoms with Crippen LogP contribution in [0.3, 0.4) is 0 Å². The van der Waals surface area contributed by atoms with Crippen molar-refractivity contribution in [3.8, 4) is 0 Å². The van der Waals surface area contributed by atoms with Crippen molar-refractivity contribution in [1.29, 1.82) is 0 Å². The number of hydrogen-bond acceptors (Lipinski definition) is 4. The van der Waals surface area contributed by atoms with E-state index in [1.807, 2.05) is 12.4 Å². The number of rotatable bonds is 5. The standard InChI is InChI=1S/C18H24N4O2/c1-24-16(23)8-7-13-9-19-18-17(13)22-11-14(21-15(22)10-20-18)12-5-3-2-4-6-12/h9-12,16,19,23H,2-8H2,1H3. The molecule has 128 valence electrons. The van der Waals surface area contributed by atoms with E-state index >= 15 is 0 Å². The van der Waals surface area contributed by atoms with E-state index in [0.717, 1.165) is 28.8 Å². The summed E-state index contributed by atoms with van der Waals surface area (Å²) in [6.45, 7) is 0. The number of aromatic nitrogens is 4. The van der Waals surface area contributed by atoms with Gasteiger partial charge in [-0.3, -0.25) is 4.40 Å². The third-order valence-corrected chi connectivity index (χ3v) is 5.17. The number of aromatic amines is 1. The Balaban J connectivity index is 1.72. The highest BCUT2D eigenvalue weighted by Gasteiger charge is 2.20. The number of fused-ring (bicyclic) bond motifs is 3. The molecule has 4 rings (SSSR count). The molecular formula is C18H24N4O2. The van der Waals surface area contributed by atoms with E-state index in [9.17, 15) is 5.11 Å². The Kier molecular flexibility index (Phi) is 4.24. The largest absolute Gasteiger partial charge is 0.368 e. The SMILES string of the molecule is COC(O)CCc1c[nH]c2ncc3nc(C4CCCCC4)cn3c12. The molecule has 24 heavy (non-hydrogen) atoms. The molecule has 6 heteroatoms. The first-order chi connectivity index (χ1) is 11.8. The summed E-state index contributed by atoms with van der Waals surface area (Å²) in [7, 11) is 1.52. The van der Waals surface area contributed by atoms with Crippen LogP contribution in [0.5, 0.6) is 0 Å². The van der Waals surface area contributed by atoms with E-state index < -0.39 is 6.29 Å². The predicted molar refractivity (Wildman–Crippen MR) is 92.0 cm³/mol. The Bertz CT molecular complexity index is 832. The molecule has 1 atom stereocenters. The van der Waals surface area contributed by atoms with Crippen LogP contribution >= 0.6 is 0 Å². The molecule has 0 saturated heterocycles. The van der Waals surface area contributed by atoms with E-state index in [4.69, 9.17) is 9.72 Å². The zero-order valence-electron chi connectivity index (χ0n) is 14.0. The average Bonchev–Trinajstić information content (AvgIpc) is 3.23. The molecule has 1 fully saturated rings. The molecule has 1 aliphatic carbocycles. The molecule has 2 N–H and O–H groups in total. The number of aliphatic hydroxyl groups is 1. The quantitative estimate of drug-likeness (QED) is 0.706. The lowest BCUT2D eigenvalue weighted by Gasteiger charge is -2.19. The molecular weight excluding hydrogens is 304 g/mol. The zero-order chi connectivity index (χ0) is 16.5. The summed E-state index contributed by atoms with van der Waals surface area (Å²) in [5, 5.41) is 9.65. The van der Waals surface area contributed by atoms with E-state index in [1.165, 1.54) is 44.9 Å². The van der Waals surface area contributed by atoms with Gasteiger partial charge >= 0.3 is 0 Å². The number of nitrogens with one attached hydrogen (secondary N) is 1. The summed E-state index contributed by atoms with van der Waals surface area (Å²) < 4.78 is 7.09. The molecule has 0 radical (unpaired) electrons. The van der Waals surface area contributed by atoms with Gasteiger partial charge in [0.1, 0.15) is 0 Å². The van der Waals surface area contributed by atoms with Gasteiger partial charge in [-0.1, -0.05) is 19.3 Å². The van der Waals surface area contributed by atoms with Gasteiger partial charge in [0.25, 0.3) is 0 Å². The highest BCUT2D eigenvalue weighted by atomic mass is 16.6. The summed E-state index contributed by atoms with van der Waals surface area (Å²) in [6.07, 6.45) is 13.0. The Hall–Kier alpha value is -1.92. The molecule has 1 saturated carbocycles. The van der Waals surface area contributed by atoms with Crippen molar-refractivity contribution < 1.29 is 9.84 Å². The van der Waals surface area contributed by atoms with Crippen molar-refractivity contribution in [3.63, 3.8) is 0 Å². The van der Waals surface area contributed by atoms with Gasteiger partial charge in [0, 0.05) is 31.8 Å². The molecule has 6 nitrogen and oxygen atoms in total. The van der Waals surface area contributed by atoms with Gasteiger partial charge in [0.05, 0.1) is 17.4 Å². The van der Waals surface area contributed by atoms with E-state index in [2.05, 4.69) is 20.6 Å². The van der Waals surface area contributed by atoms with Gasteiger partial charge < -0.3 is 14.8 Å². The van der Waals surface area contributed by atoms with Crippen molar-refractivity contribution >= 4 is 16.8 Å². The topological polar surface area (TPSA) is 75.4 Å². The minimum Gasteiger partial charge on any atom is -0.368 e. The molecule has 0 spiro atoms. The van der Waals surface area contributed by atoms with E-state index in [0.29, 0.717) is 12.3 Å². The fraction of sp³-hybridized carbons (Fsp3) is 0.556. The summed E-state index contributed by atoms with van der Waals surface area (Å²) in [5.74, 6) is 0.575. The minimum atomic E-state index is -0.734. The number of aryl methyl sites for hydroxylation is 1. The first kappa shape index (κ1) is 15.6. The second-order valence-corrected chi connectivity index (χ2v) is 6.73. The Morgan fingerprint density at radius 1 is 1.38 bits per heavy atom. The number of ether oxygens (including phenoxy) is 1. The minimum absolute atomic E-state index is 0.560. The fourth-order valence-electron chi connectivity index (χ4n) is 3.80. The predicted octanol–water partition coefficient (Wildman–Crippen LogP) is 3.16. The maximum absolute atomic E-state index is 9.65. The molecule has 0 aliphatic heterocycles. The van der Waals surface area contributed by atoms with Crippen LogP contribution in [-0.2, 0) is 11.2 Å². The van der Waals surface area contributed by atoms with Crippen LogP contribution in [0.15, 0.2) is 18.6 Å². The number of imidazole rings is 1. The fourth-order valence-corrected chi connectivity index (χ4v) is 3.80. The van der Waals surface area contributed by atoms with Crippen molar-refractivity contribution in [3.05, 3.63) is 29.8 Å². The highest BCUT2D eigenvalue weighted by molar-refractivity contribution is 5.78. The van der Waals surface area contributed by atoms with Crippen molar-refractivity contribution in [1.82, 2.24) is 19.4 Å². The van der Waals surface area contributed by atoms with Crippen LogP contribution in [0.1, 0.15) is 55.7 Å². The molecule has 0 bridgehead atoms. The number of methoxy groups -OCH3 is 1. The molecule has 0 amide bonds. The van der Waals surface area contributed by atoms with Crippen molar-refractivity contribution in [2.24, 2.45) is 0 Å². The molecule has 1 unspecified atom stereocenters. The van der Waals surface area contributed by atoms with Gasteiger partial charge in [-0.15, -0.1) is 0 Å². The Morgan fingerprint density at radius 3 is 3.00 bits per heavy atom. The van der Waals surface area contributed by atoms with Gasteiger partial charge in [-0.2, -0.15) is 0 Å². The first-order valence-corrected chi connectivity index (χ1v) is 8.81.